The number of rotatable bonds is 3. The van der Waals surface area contributed by atoms with E-state index in [9.17, 15) is 4.79 Å². The van der Waals surface area contributed by atoms with E-state index in [1.807, 2.05) is 6.07 Å². The number of aliphatic carboxylic acids is 1. The Morgan fingerprint density at radius 3 is 2.40 bits per heavy atom. The van der Waals surface area contributed by atoms with Gasteiger partial charge in [0.25, 0.3) is 0 Å². The van der Waals surface area contributed by atoms with E-state index in [1.54, 1.807) is 24.3 Å². The molecular formula is C10H12N2O2S. The fraction of sp³-hybridized carbons (Fsp3) is 0.200. The van der Waals surface area contributed by atoms with Crippen LogP contribution in [-0.4, -0.2) is 22.2 Å². The summed E-state index contributed by atoms with van der Waals surface area (Å²) in [5.74, 6) is -0.966. The van der Waals surface area contributed by atoms with Crippen molar-refractivity contribution >= 4 is 29.0 Å². The quantitative estimate of drug-likeness (QED) is 0.755. The predicted octanol–water partition coefficient (Wildman–Crippen LogP) is 1.21. The summed E-state index contributed by atoms with van der Waals surface area (Å²) in [5, 5.41) is 8.96. The zero-order valence-electron chi connectivity index (χ0n) is 8.25. The lowest BCUT2D eigenvalue weighted by Gasteiger charge is -2.26. The fourth-order valence-electron chi connectivity index (χ4n) is 1.24. The minimum atomic E-state index is -0.966. The smallest absolute Gasteiger partial charge is 0.326 e. The van der Waals surface area contributed by atoms with Crippen molar-refractivity contribution in [2.75, 3.05) is 4.90 Å². The van der Waals surface area contributed by atoms with E-state index in [-0.39, 0.29) is 5.11 Å². The maximum Gasteiger partial charge on any atom is 0.326 e. The maximum absolute atomic E-state index is 10.9. The number of hydrogen-bond acceptors (Lipinski definition) is 2. The zero-order chi connectivity index (χ0) is 11.4. The van der Waals surface area contributed by atoms with E-state index in [0.717, 1.165) is 0 Å². The zero-order valence-corrected chi connectivity index (χ0v) is 9.07. The minimum Gasteiger partial charge on any atom is -0.480 e. The molecule has 15 heavy (non-hydrogen) atoms. The number of benzene rings is 1. The van der Waals surface area contributed by atoms with Gasteiger partial charge >= 0.3 is 5.97 Å². The van der Waals surface area contributed by atoms with Gasteiger partial charge in [-0.05, 0) is 31.3 Å². The second-order valence-electron chi connectivity index (χ2n) is 3.06. The van der Waals surface area contributed by atoms with Crippen LogP contribution in [0.15, 0.2) is 30.3 Å². The number of thiocarbonyl (C=S) groups is 1. The Kier molecular flexibility index (Phi) is 3.62. The van der Waals surface area contributed by atoms with Crippen molar-refractivity contribution in [3.63, 3.8) is 0 Å². The SMILES string of the molecule is CC(C(=O)O)N(C(N)=S)c1ccccc1. The standard InChI is InChI=1S/C10H12N2O2S/c1-7(9(13)14)12(10(11)15)8-5-3-2-4-6-8/h2-7H,1H3,(H2,11,15)(H,13,14). The molecule has 1 unspecified atom stereocenters. The molecule has 3 N–H and O–H groups in total. The number of nitrogens with two attached hydrogens (primary N) is 1. The molecule has 0 saturated carbocycles. The van der Waals surface area contributed by atoms with E-state index < -0.39 is 12.0 Å². The molecule has 0 spiro atoms. The van der Waals surface area contributed by atoms with Gasteiger partial charge < -0.3 is 15.7 Å². The summed E-state index contributed by atoms with van der Waals surface area (Å²) in [6.45, 7) is 1.54. The summed E-state index contributed by atoms with van der Waals surface area (Å²) in [6, 6.07) is 8.19. The Labute approximate surface area is 93.3 Å². The average molecular weight is 224 g/mol. The summed E-state index contributed by atoms with van der Waals surface area (Å²) < 4.78 is 0. The van der Waals surface area contributed by atoms with Gasteiger partial charge in [-0.3, -0.25) is 0 Å². The van der Waals surface area contributed by atoms with Crippen LogP contribution in [0.2, 0.25) is 0 Å². The van der Waals surface area contributed by atoms with Crippen molar-refractivity contribution in [2.45, 2.75) is 13.0 Å². The van der Waals surface area contributed by atoms with Gasteiger partial charge in [0.1, 0.15) is 6.04 Å². The second kappa shape index (κ2) is 4.75. The maximum atomic E-state index is 10.9. The molecule has 80 valence electrons. The largest absolute Gasteiger partial charge is 0.480 e. The van der Waals surface area contributed by atoms with Gasteiger partial charge in [-0.25, -0.2) is 4.79 Å². The highest BCUT2D eigenvalue weighted by Gasteiger charge is 2.22. The number of carboxylic acid groups (broad SMARTS) is 1. The molecule has 0 fully saturated rings. The lowest BCUT2D eigenvalue weighted by atomic mass is 10.2. The highest BCUT2D eigenvalue weighted by Crippen LogP contribution is 2.16. The first-order valence-corrected chi connectivity index (χ1v) is 4.81. The Morgan fingerprint density at radius 2 is 2.00 bits per heavy atom. The lowest BCUT2D eigenvalue weighted by molar-refractivity contribution is -0.137. The third kappa shape index (κ3) is 2.66. The molecule has 0 bridgehead atoms. The first-order valence-electron chi connectivity index (χ1n) is 4.40. The molecule has 1 atom stereocenters. The van der Waals surface area contributed by atoms with Crippen LogP contribution in [0.1, 0.15) is 6.92 Å². The van der Waals surface area contributed by atoms with Crippen molar-refractivity contribution < 1.29 is 9.90 Å². The summed E-state index contributed by atoms with van der Waals surface area (Å²) in [5.41, 5.74) is 6.18. The normalized spacial score (nSPS) is 11.8. The Hall–Kier alpha value is -1.62. The molecule has 0 saturated heterocycles. The van der Waals surface area contributed by atoms with Crippen molar-refractivity contribution in [3.05, 3.63) is 30.3 Å². The molecule has 0 aliphatic rings. The van der Waals surface area contributed by atoms with Crippen LogP contribution in [-0.2, 0) is 4.79 Å². The minimum absolute atomic E-state index is 0.0519. The van der Waals surface area contributed by atoms with E-state index in [1.165, 1.54) is 11.8 Å². The molecule has 0 aliphatic heterocycles. The molecule has 1 aromatic carbocycles. The predicted molar refractivity (Wildman–Crippen MR) is 62.8 cm³/mol. The van der Waals surface area contributed by atoms with Gasteiger partial charge in [-0.2, -0.15) is 0 Å². The lowest BCUT2D eigenvalue weighted by Crippen LogP contribution is -2.46. The third-order valence-electron chi connectivity index (χ3n) is 2.02. The molecule has 5 heteroatoms. The van der Waals surface area contributed by atoms with Gasteiger partial charge in [-0.1, -0.05) is 18.2 Å². The molecule has 0 radical (unpaired) electrons. The van der Waals surface area contributed by atoms with Gasteiger partial charge in [0.05, 0.1) is 0 Å². The van der Waals surface area contributed by atoms with E-state index in [0.29, 0.717) is 5.69 Å². The fourth-order valence-corrected chi connectivity index (χ4v) is 1.50. The van der Waals surface area contributed by atoms with Gasteiger partial charge in [0, 0.05) is 5.69 Å². The van der Waals surface area contributed by atoms with Crippen molar-refractivity contribution in [1.82, 2.24) is 0 Å². The number of hydrogen-bond donors (Lipinski definition) is 2. The molecule has 0 amide bonds. The Bertz CT molecular complexity index is 367. The number of carboxylic acids is 1. The van der Waals surface area contributed by atoms with Gasteiger partial charge in [0.15, 0.2) is 5.11 Å². The van der Waals surface area contributed by atoms with Crippen molar-refractivity contribution in [1.29, 1.82) is 0 Å². The number of anilines is 1. The molecule has 4 nitrogen and oxygen atoms in total. The van der Waals surface area contributed by atoms with Gasteiger partial charge in [0.2, 0.25) is 0 Å². The third-order valence-corrected chi connectivity index (χ3v) is 2.21. The molecule has 1 rings (SSSR count). The molecular weight excluding hydrogens is 212 g/mol. The molecule has 0 aromatic heterocycles. The Morgan fingerprint density at radius 1 is 1.47 bits per heavy atom. The summed E-state index contributed by atoms with van der Waals surface area (Å²) in [4.78, 5) is 12.3. The monoisotopic (exact) mass is 224 g/mol. The number of para-hydroxylation sites is 1. The second-order valence-corrected chi connectivity index (χ2v) is 3.48. The van der Waals surface area contributed by atoms with Crippen molar-refractivity contribution in [3.8, 4) is 0 Å². The highest BCUT2D eigenvalue weighted by atomic mass is 32.1. The molecule has 0 heterocycles. The van der Waals surface area contributed by atoms with E-state index >= 15 is 0 Å². The summed E-state index contributed by atoms with van der Waals surface area (Å²) in [6.07, 6.45) is 0. The number of nitrogens with zero attached hydrogens (tertiary/aromatic N) is 1. The average Bonchev–Trinajstić information content (AvgIpc) is 2.18. The van der Waals surface area contributed by atoms with Crippen LogP contribution in [0.5, 0.6) is 0 Å². The van der Waals surface area contributed by atoms with Crippen LogP contribution in [0.25, 0.3) is 0 Å². The van der Waals surface area contributed by atoms with Crippen LogP contribution < -0.4 is 10.6 Å². The topological polar surface area (TPSA) is 66.6 Å². The van der Waals surface area contributed by atoms with E-state index in [2.05, 4.69) is 0 Å². The summed E-state index contributed by atoms with van der Waals surface area (Å²) >= 11 is 4.83. The van der Waals surface area contributed by atoms with Gasteiger partial charge in [-0.15, -0.1) is 0 Å². The first-order chi connectivity index (χ1) is 7.04. The summed E-state index contributed by atoms with van der Waals surface area (Å²) in [7, 11) is 0. The van der Waals surface area contributed by atoms with Crippen molar-refractivity contribution in [2.24, 2.45) is 5.73 Å². The Balaban J connectivity index is 3.04. The van der Waals surface area contributed by atoms with Crippen LogP contribution in [0.4, 0.5) is 5.69 Å². The highest BCUT2D eigenvalue weighted by molar-refractivity contribution is 7.80. The van der Waals surface area contributed by atoms with E-state index in [4.69, 9.17) is 23.1 Å². The molecule has 0 aliphatic carbocycles. The van der Waals surface area contributed by atoms with Crippen LogP contribution >= 0.6 is 12.2 Å². The van der Waals surface area contributed by atoms with Crippen LogP contribution in [0, 0.1) is 0 Å². The van der Waals surface area contributed by atoms with Crippen LogP contribution in [0.3, 0.4) is 0 Å². The molecule has 1 aromatic rings. The number of carbonyl (C=O) groups is 1. The first kappa shape index (κ1) is 11.5.